The fourth-order valence-corrected chi connectivity index (χ4v) is 2.76. The second-order valence-corrected chi connectivity index (χ2v) is 5.95. The molecule has 0 fully saturated rings. The largest absolute Gasteiger partial charge is 0.465 e. The summed E-state index contributed by atoms with van der Waals surface area (Å²) in [6, 6.07) is 4.98. The van der Waals surface area contributed by atoms with Crippen LogP contribution in [0.25, 0.3) is 6.08 Å². The van der Waals surface area contributed by atoms with Crippen LogP contribution in [0.3, 0.4) is 0 Å². The highest BCUT2D eigenvalue weighted by Gasteiger charge is 2.36. The molecule has 0 N–H and O–H groups in total. The topological polar surface area (TPSA) is 55.8 Å². The number of amides is 1. The van der Waals surface area contributed by atoms with Crippen molar-refractivity contribution < 1.29 is 19.1 Å². The second-order valence-electron chi connectivity index (χ2n) is 5.13. The predicted molar refractivity (Wildman–Crippen MR) is 92.7 cm³/mol. The standard InChI is InChI=1S/C17H17Cl2NO4/c1-10-15(17(22)24-3)12(16(21)20(10)6-7-23-2)8-11-4-5-13(18)14(19)9-11/h4-5,8-9H,6-7H2,1-3H3/b12-8-. The summed E-state index contributed by atoms with van der Waals surface area (Å²) >= 11 is 11.9. The summed E-state index contributed by atoms with van der Waals surface area (Å²) in [5, 5.41) is 0.784. The molecule has 0 saturated carbocycles. The van der Waals surface area contributed by atoms with Gasteiger partial charge in [0.05, 0.1) is 34.9 Å². The van der Waals surface area contributed by atoms with Crippen molar-refractivity contribution in [1.29, 1.82) is 0 Å². The minimum atomic E-state index is -0.563. The average Bonchev–Trinajstić information content (AvgIpc) is 2.79. The third-order valence-corrected chi connectivity index (χ3v) is 4.41. The Morgan fingerprint density at radius 2 is 1.96 bits per heavy atom. The van der Waals surface area contributed by atoms with E-state index in [-0.39, 0.29) is 17.1 Å². The lowest BCUT2D eigenvalue weighted by Gasteiger charge is -2.16. The first-order chi connectivity index (χ1) is 11.4. The molecule has 7 heteroatoms. The molecule has 24 heavy (non-hydrogen) atoms. The van der Waals surface area contributed by atoms with Crippen LogP contribution in [-0.4, -0.2) is 44.1 Å². The van der Waals surface area contributed by atoms with Gasteiger partial charge in [0, 0.05) is 19.4 Å². The van der Waals surface area contributed by atoms with E-state index in [1.54, 1.807) is 38.3 Å². The highest BCUT2D eigenvalue weighted by atomic mass is 35.5. The van der Waals surface area contributed by atoms with Gasteiger partial charge in [0.15, 0.2) is 0 Å². The quantitative estimate of drug-likeness (QED) is 0.590. The van der Waals surface area contributed by atoms with Gasteiger partial charge >= 0.3 is 5.97 Å². The maximum Gasteiger partial charge on any atom is 0.340 e. The number of nitrogens with zero attached hydrogens (tertiary/aromatic N) is 1. The van der Waals surface area contributed by atoms with Crippen LogP contribution in [0.4, 0.5) is 0 Å². The zero-order valence-corrected chi connectivity index (χ0v) is 15.1. The van der Waals surface area contributed by atoms with E-state index in [4.69, 9.17) is 32.7 Å². The summed E-state index contributed by atoms with van der Waals surface area (Å²) in [6.45, 7) is 2.41. The van der Waals surface area contributed by atoms with Crippen molar-refractivity contribution in [2.24, 2.45) is 0 Å². The molecule has 1 amide bonds. The Balaban J connectivity index is 2.49. The first-order valence-electron chi connectivity index (χ1n) is 7.17. The molecule has 1 aliphatic rings. The zero-order chi connectivity index (χ0) is 17.9. The third kappa shape index (κ3) is 3.64. The second kappa shape index (κ2) is 7.83. The first kappa shape index (κ1) is 18.5. The third-order valence-electron chi connectivity index (χ3n) is 3.67. The number of carbonyl (C=O) groups excluding carboxylic acids is 2. The van der Waals surface area contributed by atoms with Gasteiger partial charge in [-0.15, -0.1) is 0 Å². The van der Waals surface area contributed by atoms with E-state index in [9.17, 15) is 9.59 Å². The van der Waals surface area contributed by atoms with E-state index in [1.807, 2.05) is 0 Å². The van der Waals surface area contributed by atoms with E-state index in [2.05, 4.69) is 0 Å². The van der Waals surface area contributed by atoms with Gasteiger partial charge in [-0.1, -0.05) is 29.3 Å². The van der Waals surface area contributed by atoms with Crippen LogP contribution in [0, 0.1) is 0 Å². The Bertz CT molecular complexity index is 740. The van der Waals surface area contributed by atoms with Gasteiger partial charge in [0.25, 0.3) is 5.91 Å². The summed E-state index contributed by atoms with van der Waals surface area (Å²) in [4.78, 5) is 26.3. The highest BCUT2D eigenvalue weighted by molar-refractivity contribution is 6.42. The number of esters is 1. The van der Waals surface area contributed by atoms with Gasteiger partial charge in [-0.05, 0) is 30.7 Å². The molecular weight excluding hydrogens is 353 g/mol. The SMILES string of the molecule is COCCN1C(=O)/C(=C\c2ccc(Cl)c(Cl)c2)C(C(=O)OC)=C1C. The molecular formula is C17H17Cl2NO4. The van der Waals surface area contributed by atoms with Gasteiger partial charge in [0.1, 0.15) is 0 Å². The summed E-state index contributed by atoms with van der Waals surface area (Å²) in [7, 11) is 2.83. The Hall–Kier alpha value is -1.82. The number of methoxy groups -OCH3 is 2. The fraction of sp³-hybridized carbons (Fsp3) is 0.294. The van der Waals surface area contributed by atoms with E-state index in [0.29, 0.717) is 34.5 Å². The minimum Gasteiger partial charge on any atom is -0.465 e. The van der Waals surface area contributed by atoms with E-state index < -0.39 is 5.97 Å². The molecule has 128 valence electrons. The lowest BCUT2D eigenvalue weighted by molar-refractivity contribution is -0.136. The minimum absolute atomic E-state index is 0.240. The molecule has 5 nitrogen and oxygen atoms in total. The number of ether oxygens (including phenoxy) is 2. The average molecular weight is 370 g/mol. The molecule has 1 heterocycles. The van der Waals surface area contributed by atoms with E-state index in [1.165, 1.54) is 12.0 Å². The summed E-state index contributed by atoms with van der Waals surface area (Å²) in [6.07, 6.45) is 1.60. The van der Waals surface area contributed by atoms with Crippen LogP contribution in [0.2, 0.25) is 10.0 Å². The predicted octanol–water partition coefficient (Wildman–Crippen LogP) is 3.31. The van der Waals surface area contributed by atoms with Crippen molar-refractivity contribution in [3.63, 3.8) is 0 Å². The van der Waals surface area contributed by atoms with Crippen molar-refractivity contribution in [2.75, 3.05) is 27.4 Å². The smallest absolute Gasteiger partial charge is 0.340 e. The van der Waals surface area contributed by atoms with Crippen LogP contribution < -0.4 is 0 Å². The van der Waals surface area contributed by atoms with Crippen LogP contribution in [0.1, 0.15) is 12.5 Å². The molecule has 0 unspecified atom stereocenters. The molecule has 0 bridgehead atoms. The van der Waals surface area contributed by atoms with Crippen molar-refractivity contribution in [3.05, 3.63) is 50.7 Å². The number of halogens is 2. The number of hydrogen-bond donors (Lipinski definition) is 0. The molecule has 0 spiro atoms. The molecule has 1 aliphatic heterocycles. The van der Waals surface area contributed by atoms with Crippen LogP contribution >= 0.6 is 23.2 Å². The molecule has 0 radical (unpaired) electrons. The van der Waals surface area contributed by atoms with Gasteiger partial charge < -0.3 is 14.4 Å². The zero-order valence-electron chi connectivity index (χ0n) is 13.6. The summed E-state index contributed by atoms with van der Waals surface area (Å²) in [5.41, 5.74) is 1.70. The van der Waals surface area contributed by atoms with Crippen molar-refractivity contribution >= 4 is 41.2 Å². The monoisotopic (exact) mass is 369 g/mol. The summed E-state index contributed by atoms with van der Waals surface area (Å²) in [5.74, 6) is -0.844. The lowest BCUT2D eigenvalue weighted by Crippen LogP contribution is -2.28. The van der Waals surface area contributed by atoms with Crippen molar-refractivity contribution in [1.82, 2.24) is 4.90 Å². The van der Waals surface area contributed by atoms with Crippen molar-refractivity contribution in [3.8, 4) is 0 Å². The molecule has 0 aromatic heterocycles. The van der Waals surface area contributed by atoms with Crippen LogP contribution in [-0.2, 0) is 19.1 Å². The molecule has 1 aromatic rings. The molecule has 1 aromatic carbocycles. The molecule has 0 aliphatic carbocycles. The van der Waals surface area contributed by atoms with Gasteiger partial charge in [-0.3, -0.25) is 4.79 Å². The van der Waals surface area contributed by atoms with Crippen LogP contribution in [0.5, 0.6) is 0 Å². The highest BCUT2D eigenvalue weighted by Crippen LogP contribution is 2.32. The Kier molecular flexibility index (Phi) is 6.04. The number of hydrogen-bond acceptors (Lipinski definition) is 4. The molecule has 2 rings (SSSR count). The molecule has 0 atom stereocenters. The van der Waals surface area contributed by atoms with Gasteiger partial charge in [-0.25, -0.2) is 4.79 Å². The van der Waals surface area contributed by atoms with Crippen molar-refractivity contribution in [2.45, 2.75) is 6.92 Å². The van der Waals surface area contributed by atoms with E-state index >= 15 is 0 Å². The Morgan fingerprint density at radius 3 is 2.54 bits per heavy atom. The normalized spacial score (nSPS) is 16.3. The number of carbonyl (C=O) groups is 2. The maximum absolute atomic E-state index is 12.7. The first-order valence-corrected chi connectivity index (χ1v) is 7.93. The Labute approximate surface area is 150 Å². The van der Waals surface area contributed by atoms with Gasteiger partial charge in [0.2, 0.25) is 0 Å². The maximum atomic E-state index is 12.7. The number of rotatable bonds is 5. The summed E-state index contributed by atoms with van der Waals surface area (Å²) < 4.78 is 9.84. The molecule has 0 saturated heterocycles. The number of benzene rings is 1. The Morgan fingerprint density at radius 1 is 1.25 bits per heavy atom. The fourth-order valence-electron chi connectivity index (χ4n) is 2.45. The van der Waals surface area contributed by atoms with E-state index in [0.717, 1.165) is 0 Å². The van der Waals surface area contributed by atoms with Gasteiger partial charge in [-0.2, -0.15) is 0 Å². The lowest BCUT2D eigenvalue weighted by atomic mass is 10.0. The van der Waals surface area contributed by atoms with Crippen LogP contribution in [0.15, 0.2) is 35.0 Å². The number of allylic oxidation sites excluding steroid dienone is 1.